The SMILES string of the molecule is CN(Cc1noc2ccccc12)C1CCN(c2nccc(C(F)(F)F)n2)CC1. The number of aromatic nitrogens is 3. The second kappa shape index (κ2) is 7.38. The molecular formula is C19H20F3N5O. The van der Waals surface area contributed by atoms with Gasteiger partial charge < -0.3 is 9.42 Å². The maximum atomic E-state index is 12.9. The summed E-state index contributed by atoms with van der Waals surface area (Å²) >= 11 is 0. The van der Waals surface area contributed by atoms with Crippen LogP contribution in [0.3, 0.4) is 0 Å². The lowest BCUT2D eigenvalue weighted by atomic mass is 10.0. The Labute approximate surface area is 160 Å². The first-order valence-corrected chi connectivity index (χ1v) is 9.10. The van der Waals surface area contributed by atoms with Crippen LogP contribution in [-0.4, -0.2) is 46.2 Å². The number of para-hydroxylation sites is 1. The first-order chi connectivity index (χ1) is 13.4. The lowest BCUT2D eigenvalue weighted by Crippen LogP contribution is -2.43. The molecule has 1 aromatic carbocycles. The zero-order chi connectivity index (χ0) is 19.7. The molecule has 1 saturated heterocycles. The van der Waals surface area contributed by atoms with E-state index in [1.807, 2.05) is 36.2 Å². The van der Waals surface area contributed by atoms with E-state index in [2.05, 4.69) is 20.0 Å². The Morgan fingerprint density at radius 3 is 2.68 bits per heavy atom. The molecule has 0 radical (unpaired) electrons. The zero-order valence-electron chi connectivity index (χ0n) is 15.4. The topological polar surface area (TPSA) is 58.3 Å². The van der Waals surface area contributed by atoms with Gasteiger partial charge in [-0.2, -0.15) is 13.2 Å². The van der Waals surface area contributed by atoms with E-state index in [1.54, 1.807) is 0 Å². The fraction of sp³-hybridized carbons (Fsp3) is 0.421. The third kappa shape index (κ3) is 3.80. The van der Waals surface area contributed by atoms with Crippen LogP contribution in [0.25, 0.3) is 11.0 Å². The zero-order valence-corrected chi connectivity index (χ0v) is 15.4. The molecular weight excluding hydrogens is 371 g/mol. The molecule has 0 saturated carbocycles. The van der Waals surface area contributed by atoms with Crippen molar-refractivity contribution in [2.45, 2.75) is 31.6 Å². The van der Waals surface area contributed by atoms with Crippen LogP contribution in [0, 0.1) is 0 Å². The van der Waals surface area contributed by atoms with E-state index in [4.69, 9.17) is 4.52 Å². The predicted octanol–water partition coefficient (Wildman–Crippen LogP) is 3.74. The summed E-state index contributed by atoms with van der Waals surface area (Å²) in [6.07, 6.45) is -1.67. The van der Waals surface area contributed by atoms with Gasteiger partial charge in [-0.1, -0.05) is 17.3 Å². The highest BCUT2D eigenvalue weighted by molar-refractivity contribution is 5.79. The minimum Gasteiger partial charge on any atom is -0.356 e. The van der Waals surface area contributed by atoms with Crippen LogP contribution < -0.4 is 4.90 Å². The molecule has 1 aliphatic heterocycles. The van der Waals surface area contributed by atoms with Crippen molar-refractivity contribution >= 4 is 16.9 Å². The van der Waals surface area contributed by atoms with Crippen molar-refractivity contribution in [2.24, 2.45) is 0 Å². The van der Waals surface area contributed by atoms with Crippen LogP contribution >= 0.6 is 0 Å². The number of nitrogens with zero attached hydrogens (tertiary/aromatic N) is 5. The van der Waals surface area contributed by atoms with Crippen LogP contribution in [0.4, 0.5) is 19.1 Å². The molecule has 2 aromatic heterocycles. The Balaban J connectivity index is 1.39. The van der Waals surface area contributed by atoms with E-state index in [0.717, 1.165) is 35.6 Å². The number of anilines is 1. The van der Waals surface area contributed by atoms with E-state index >= 15 is 0 Å². The van der Waals surface area contributed by atoms with Gasteiger partial charge in [0.15, 0.2) is 5.58 Å². The Morgan fingerprint density at radius 1 is 1.18 bits per heavy atom. The monoisotopic (exact) mass is 391 g/mol. The molecule has 6 nitrogen and oxygen atoms in total. The van der Waals surface area contributed by atoms with Gasteiger partial charge in [-0.25, -0.2) is 9.97 Å². The molecule has 4 rings (SSSR count). The smallest absolute Gasteiger partial charge is 0.356 e. The first-order valence-electron chi connectivity index (χ1n) is 9.10. The third-order valence-corrected chi connectivity index (χ3v) is 5.16. The van der Waals surface area contributed by atoms with Crippen molar-refractivity contribution in [1.82, 2.24) is 20.0 Å². The van der Waals surface area contributed by atoms with Crippen LogP contribution in [0.1, 0.15) is 24.2 Å². The second-order valence-electron chi connectivity index (χ2n) is 7.00. The number of alkyl halides is 3. The van der Waals surface area contributed by atoms with Crippen molar-refractivity contribution < 1.29 is 17.7 Å². The molecule has 0 bridgehead atoms. The van der Waals surface area contributed by atoms with Gasteiger partial charge in [0, 0.05) is 37.3 Å². The van der Waals surface area contributed by atoms with Crippen LogP contribution in [-0.2, 0) is 12.7 Å². The standard InChI is InChI=1S/C19H20F3N5O/c1-26(12-15-14-4-2-3-5-16(14)28-25-15)13-7-10-27(11-8-13)18-23-9-6-17(24-18)19(20,21)22/h2-6,9,13H,7-8,10-12H2,1H3. The molecule has 0 aliphatic carbocycles. The fourth-order valence-corrected chi connectivity index (χ4v) is 3.58. The van der Waals surface area contributed by atoms with Gasteiger partial charge in [0.1, 0.15) is 11.4 Å². The van der Waals surface area contributed by atoms with Crippen molar-refractivity contribution in [1.29, 1.82) is 0 Å². The molecule has 3 aromatic rings. The summed E-state index contributed by atoms with van der Waals surface area (Å²) in [5.74, 6) is 0.137. The Bertz CT molecular complexity index is 950. The number of rotatable bonds is 4. The lowest BCUT2D eigenvalue weighted by Gasteiger charge is -2.36. The molecule has 148 valence electrons. The molecule has 0 N–H and O–H groups in total. The normalized spacial score (nSPS) is 16.2. The summed E-state index contributed by atoms with van der Waals surface area (Å²) in [6, 6.07) is 8.94. The van der Waals surface area contributed by atoms with Crippen molar-refractivity contribution in [3.63, 3.8) is 0 Å². The maximum absolute atomic E-state index is 12.9. The molecule has 9 heteroatoms. The van der Waals surface area contributed by atoms with Crippen molar-refractivity contribution in [3.8, 4) is 0 Å². The lowest BCUT2D eigenvalue weighted by molar-refractivity contribution is -0.141. The van der Waals surface area contributed by atoms with E-state index in [1.165, 1.54) is 6.20 Å². The molecule has 1 fully saturated rings. The van der Waals surface area contributed by atoms with Crippen LogP contribution in [0.15, 0.2) is 41.1 Å². The summed E-state index contributed by atoms with van der Waals surface area (Å²) in [5.41, 5.74) is 0.749. The van der Waals surface area contributed by atoms with Crippen molar-refractivity contribution in [3.05, 3.63) is 47.9 Å². The van der Waals surface area contributed by atoms with Gasteiger partial charge in [0.05, 0.1) is 0 Å². The molecule has 1 aliphatic rings. The summed E-state index contributed by atoms with van der Waals surface area (Å²) in [7, 11) is 2.03. The number of halogens is 3. The Kier molecular flexibility index (Phi) is 4.92. The predicted molar refractivity (Wildman–Crippen MR) is 97.7 cm³/mol. The van der Waals surface area contributed by atoms with Gasteiger partial charge in [-0.3, -0.25) is 4.90 Å². The summed E-state index contributed by atoms with van der Waals surface area (Å²) < 4.78 is 44.0. The summed E-state index contributed by atoms with van der Waals surface area (Å²) in [4.78, 5) is 11.7. The maximum Gasteiger partial charge on any atom is 0.433 e. The van der Waals surface area contributed by atoms with Crippen molar-refractivity contribution in [2.75, 3.05) is 25.0 Å². The fourth-order valence-electron chi connectivity index (χ4n) is 3.58. The molecule has 0 atom stereocenters. The van der Waals surface area contributed by atoms with Gasteiger partial charge >= 0.3 is 6.18 Å². The number of hydrogen-bond acceptors (Lipinski definition) is 6. The van der Waals surface area contributed by atoms with Gasteiger partial charge in [-0.15, -0.1) is 0 Å². The number of piperidine rings is 1. The van der Waals surface area contributed by atoms with Crippen LogP contribution in [0.2, 0.25) is 0 Å². The molecule has 3 heterocycles. The minimum atomic E-state index is -4.46. The quantitative estimate of drug-likeness (QED) is 0.675. The van der Waals surface area contributed by atoms with Gasteiger partial charge in [0.2, 0.25) is 5.95 Å². The molecule has 28 heavy (non-hydrogen) atoms. The second-order valence-corrected chi connectivity index (χ2v) is 7.00. The highest BCUT2D eigenvalue weighted by Gasteiger charge is 2.33. The minimum absolute atomic E-state index is 0.137. The number of benzene rings is 1. The Morgan fingerprint density at radius 2 is 1.93 bits per heavy atom. The average Bonchev–Trinajstić information content (AvgIpc) is 3.10. The number of fused-ring (bicyclic) bond motifs is 1. The summed E-state index contributed by atoms with van der Waals surface area (Å²) in [5, 5.41) is 5.18. The average molecular weight is 391 g/mol. The highest BCUT2D eigenvalue weighted by Crippen LogP contribution is 2.29. The largest absolute Gasteiger partial charge is 0.433 e. The highest BCUT2D eigenvalue weighted by atomic mass is 19.4. The van der Waals surface area contributed by atoms with E-state index in [9.17, 15) is 13.2 Å². The Hall–Kier alpha value is -2.68. The van der Waals surface area contributed by atoms with E-state index in [-0.39, 0.29) is 5.95 Å². The van der Waals surface area contributed by atoms with E-state index in [0.29, 0.717) is 25.7 Å². The van der Waals surface area contributed by atoms with E-state index < -0.39 is 11.9 Å². The van der Waals surface area contributed by atoms with Gasteiger partial charge in [-0.05, 0) is 38.1 Å². The third-order valence-electron chi connectivity index (χ3n) is 5.16. The summed E-state index contributed by atoms with van der Waals surface area (Å²) in [6.45, 7) is 1.87. The van der Waals surface area contributed by atoms with Gasteiger partial charge in [0.25, 0.3) is 0 Å². The molecule has 0 spiro atoms. The number of hydrogen-bond donors (Lipinski definition) is 0. The molecule has 0 unspecified atom stereocenters. The van der Waals surface area contributed by atoms with Crippen LogP contribution in [0.5, 0.6) is 0 Å². The first kappa shape index (κ1) is 18.7. The molecule has 0 amide bonds.